The van der Waals surface area contributed by atoms with Crippen LogP contribution in [0.4, 0.5) is 14.6 Å². The summed E-state index contributed by atoms with van der Waals surface area (Å²) in [5.74, 6) is -0.0195. The second kappa shape index (κ2) is 7.75. The van der Waals surface area contributed by atoms with E-state index in [-0.39, 0.29) is 28.9 Å². The average molecular weight is 389 g/mol. The van der Waals surface area contributed by atoms with E-state index < -0.39 is 11.6 Å². The molecule has 28 heavy (non-hydrogen) atoms. The van der Waals surface area contributed by atoms with Crippen molar-refractivity contribution in [1.29, 1.82) is 0 Å². The van der Waals surface area contributed by atoms with Gasteiger partial charge in [0.05, 0.1) is 17.2 Å². The van der Waals surface area contributed by atoms with Gasteiger partial charge in [0.15, 0.2) is 17.5 Å². The lowest BCUT2D eigenvalue weighted by atomic mass is 9.91. The molecule has 0 bridgehead atoms. The van der Waals surface area contributed by atoms with E-state index in [9.17, 15) is 8.78 Å². The van der Waals surface area contributed by atoms with Crippen molar-refractivity contribution in [3.8, 4) is 0 Å². The Balaban J connectivity index is 1.66. The maximum Gasteiger partial charge on any atom is 0.249 e. The lowest BCUT2D eigenvalue weighted by Crippen LogP contribution is -2.27. The monoisotopic (exact) mass is 389 g/mol. The first-order valence-corrected chi connectivity index (χ1v) is 9.31. The Bertz CT molecular complexity index is 972. The van der Waals surface area contributed by atoms with Gasteiger partial charge >= 0.3 is 0 Å². The van der Waals surface area contributed by atoms with Gasteiger partial charge in [-0.05, 0) is 18.8 Å². The molecule has 2 aromatic heterocycles. The molecule has 0 unspecified atom stereocenters. The number of ether oxygens (including phenoxy) is 1. The van der Waals surface area contributed by atoms with Crippen molar-refractivity contribution in [3.63, 3.8) is 0 Å². The summed E-state index contributed by atoms with van der Waals surface area (Å²) in [5.41, 5.74) is 0.551. The van der Waals surface area contributed by atoms with E-state index in [1.54, 1.807) is 0 Å². The van der Waals surface area contributed by atoms with Crippen LogP contribution in [0.2, 0.25) is 0 Å². The Hall–Kier alpha value is -2.68. The number of rotatable bonds is 5. The van der Waals surface area contributed by atoms with Crippen LogP contribution in [-0.2, 0) is 4.74 Å². The smallest absolute Gasteiger partial charge is 0.249 e. The van der Waals surface area contributed by atoms with E-state index in [0.29, 0.717) is 30.7 Å². The highest BCUT2D eigenvalue weighted by molar-refractivity contribution is 5.75. The quantitative estimate of drug-likeness (QED) is 0.706. The Morgan fingerprint density at radius 3 is 2.46 bits per heavy atom. The molecule has 4 rings (SSSR count). The summed E-state index contributed by atoms with van der Waals surface area (Å²) in [6.45, 7) is 5.30. The zero-order valence-corrected chi connectivity index (χ0v) is 15.7. The lowest BCUT2D eigenvalue weighted by Gasteiger charge is -2.28. The van der Waals surface area contributed by atoms with Crippen molar-refractivity contribution in [1.82, 2.24) is 20.1 Å². The fourth-order valence-electron chi connectivity index (χ4n) is 3.28. The largest absolute Gasteiger partial charge is 0.381 e. The van der Waals surface area contributed by atoms with Crippen LogP contribution in [0.3, 0.4) is 0 Å². The van der Waals surface area contributed by atoms with E-state index in [0.717, 1.165) is 25.0 Å². The second-order valence-corrected chi connectivity index (χ2v) is 7.23. The molecule has 9 heteroatoms. The van der Waals surface area contributed by atoms with Gasteiger partial charge in [0, 0.05) is 31.3 Å². The Kier molecular flexibility index (Phi) is 5.17. The number of aromatic nitrogens is 4. The SMILES string of the molecule is CC(C)c1noc([C@H](Nc2cnc3cc(F)c(F)cc3n2)C2CCOCC2)n1. The third-order valence-corrected chi connectivity index (χ3v) is 4.86. The van der Waals surface area contributed by atoms with Crippen LogP contribution in [0.1, 0.15) is 50.4 Å². The molecule has 3 heterocycles. The minimum atomic E-state index is -0.960. The molecule has 0 aliphatic carbocycles. The first-order chi connectivity index (χ1) is 13.5. The van der Waals surface area contributed by atoms with Gasteiger partial charge < -0.3 is 14.6 Å². The van der Waals surface area contributed by atoms with Gasteiger partial charge in [0.1, 0.15) is 11.9 Å². The van der Waals surface area contributed by atoms with Gasteiger partial charge in [-0.2, -0.15) is 4.98 Å². The number of hydrogen-bond acceptors (Lipinski definition) is 7. The molecule has 0 radical (unpaired) electrons. The summed E-state index contributed by atoms with van der Waals surface area (Å²) < 4.78 is 37.9. The Morgan fingerprint density at radius 2 is 1.79 bits per heavy atom. The maximum absolute atomic E-state index is 13.6. The number of fused-ring (bicyclic) bond motifs is 1. The van der Waals surface area contributed by atoms with Crippen LogP contribution in [0.5, 0.6) is 0 Å². The third-order valence-electron chi connectivity index (χ3n) is 4.86. The van der Waals surface area contributed by atoms with Gasteiger partial charge in [-0.25, -0.2) is 13.8 Å². The van der Waals surface area contributed by atoms with Crippen molar-refractivity contribution < 1.29 is 18.0 Å². The summed E-state index contributed by atoms with van der Waals surface area (Å²) >= 11 is 0. The third kappa shape index (κ3) is 3.80. The summed E-state index contributed by atoms with van der Waals surface area (Å²) in [6, 6.07) is 1.79. The number of halogens is 2. The van der Waals surface area contributed by atoms with Crippen LogP contribution in [0, 0.1) is 17.6 Å². The molecule has 3 aromatic rings. The molecular formula is C19H21F2N5O2. The minimum absolute atomic E-state index is 0.145. The Labute approximate surface area is 160 Å². The van der Waals surface area contributed by atoms with Gasteiger partial charge in [-0.3, -0.25) is 4.98 Å². The first kappa shape index (κ1) is 18.7. The van der Waals surface area contributed by atoms with Crippen molar-refractivity contribution in [2.45, 2.75) is 38.6 Å². The summed E-state index contributed by atoms with van der Waals surface area (Å²) in [7, 11) is 0. The number of benzene rings is 1. The molecule has 1 aromatic carbocycles. The molecule has 1 aliphatic rings. The van der Waals surface area contributed by atoms with E-state index in [4.69, 9.17) is 9.26 Å². The first-order valence-electron chi connectivity index (χ1n) is 9.31. The van der Waals surface area contributed by atoms with Crippen LogP contribution in [0.15, 0.2) is 22.9 Å². The van der Waals surface area contributed by atoms with E-state index in [1.165, 1.54) is 6.20 Å². The standard InChI is InChI=1S/C19H21F2N5O2/c1-10(2)18-25-19(28-26-18)17(11-3-5-27-6-4-11)24-16-9-22-14-7-12(20)13(21)8-15(14)23-16/h7-11,17H,3-6H2,1-2H3,(H,23,24)/t17-/m1/s1. The second-order valence-electron chi connectivity index (χ2n) is 7.23. The molecule has 7 nitrogen and oxygen atoms in total. The molecule has 1 N–H and O–H groups in total. The topological polar surface area (TPSA) is 86.0 Å². The molecule has 1 fully saturated rings. The highest BCUT2D eigenvalue weighted by Crippen LogP contribution is 2.32. The minimum Gasteiger partial charge on any atom is -0.381 e. The van der Waals surface area contributed by atoms with Gasteiger partial charge in [0.25, 0.3) is 0 Å². The summed E-state index contributed by atoms with van der Waals surface area (Å²) in [4.78, 5) is 13.1. The number of hydrogen-bond donors (Lipinski definition) is 1. The Morgan fingerprint density at radius 1 is 1.07 bits per heavy atom. The van der Waals surface area contributed by atoms with Gasteiger partial charge in [-0.15, -0.1) is 0 Å². The van der Waals surface area contributed by atoms with Crippen LogP contribution in [-0.4, -0.2) is 33.3 Å². The van der Waals surface area contributed by atoms with Crippen LogP contribution in [0.25, 0.3) is 11.0 Å². The maximum atomic E-state index is 13.6. The van der Waals surface area contributed by atoms with Crippen LogP contribution >= 0.6 is 0 Å². The normalized spacial score (nSPS) is 16.6. The van der Waals surface area contributed by atoms with Crippen molar-refractivity contribution in [2.75, 3.05) is 18.5 Å². The van der Waals surface area contributed by atoms with Crippen molar-refractivity contribution in [2.24, 2.45) is 5.92 Å². The van der Waals surface area contributed by atoms with E-state index >= 15 is 0 Å². The fraction of sp³-hybridized carbons (Fsp3) is 0.474. The van der Waals surface area contributed by atoms with Crippen LogP contribution < -0.4 is 5.32 Å². The molecule has 148 valence electrons. The van der Waals surface area contributed by atoms with Crippen molar-refractivity contribution >= 4 is 16.9 Å². The van der Waals surface area contributed by atoms with Gasteiger partial charge in [-0.1, -0.05) is 19.0 Å². The molecule has 0 amide bonds. The zero-order chi connectivity index (χ0) is 19.7. The molecule has 0 saturated carbocycles. The highest BCUT2D eigenvalue weighted by atomic mass is 19.2. The fourth-order valence-corrected chi connectivity index (χ4v) is 3.28. The molecule has 1 atom stereocenters. The zero-order valence-electron chi connectivity index (χ0n) is 15.7. The van der Waals surface area contributed by atoms with E-state index in [2.05, 4.69) is 25.4 Å². The number of anilines is 1. The molecule has 1 saturated heterocycles. The summed E-state index contributed by atoms with van der Waals surface area (Å²) in [5, 5.41) is 7.36. The van der Waals surface area contributed by atoms with E-state index in [1.807, 2.05) is 13.8 Å². The molecular weight excluding hydrogens is 368 g/mol. The summed E-state index contributed by atoms with van der Waals surface area (Å²) in [6.07, 6.45) is 3.15. The predicted octanol–water partition coefficient (Wildman–Crippen LogP) is 3.99. The van der Waals surface area contributed by atoms with Gasteiger partial charge in [0.2, 0.25) is 5.89 Å². The molecule has 0 spiro atoms. The average Bonchev–Trinajstić information content (AvgIpc) is 3.18. The number of nitrogens with one attached hydrogen (secondary N) is 1. The highest BCUT2D eigenvalue weighted by Gasteiger charge is 2.31. The number of nitrogens with zero attached hydrogens (tertiary/aromatic N) is 4. The predicted molar refractivity (Wildman–Crippen MR) is 97.7 cm³/mol. The lowest BCUT2D eigenvalue weighted by molar-refractivity contribution is 0.0570. The van der Waals surface area contributed by atoms with Crippen molar-refractivity contribution in [3.05, 3.63) is 41.7 Å². The molecule has 1 aliphatic heterocycles.